The molecule has 4 heteroatoms. The minimum absolute atomic E-state index is 0.106. The summed E-state index contributed by atoms with van der Waals surface area (Å²) in [6, 6.07) is 4.16. The molecule has 2 nitrogen and oxygen atoms in total. The van der Waals surface area contributed by atoms with Gasteiger partial charge in [-0.3, -0.25) is 4.98 Å². The molecule has 70 valence electrons. The largest absolute Gasteiger partial charge is 0.322 e. The smallest absolute Gasteiger partial charge is 0.0917 e. The molecule has 2 atom stereocenters. The molecule has 1 heterocycles. The predicted molar refractivity (Wildman–Crippen MR) is 65.1 cm³/mol. The molecule has 0 spiro atoms. The highest BCUT2D eigenvalue weighted by Gasteiger charge is 2.42. The SMILES string of the molecule is CSC1(I)Cc2ncccc2[C@H]1N. The van der Waals surface area contributed by atoms with Crippen molar-refractivity contribution in [2.24, 2.45) is 5.73 Å². The monoisotopic (exact) mass is 306 g/mol. The second kappa shape index (κ2) is 3.40. The van der Waals surface area contributed by atoms with Crippen LogP contribution in [0.2, 0.25) is 0 Å². The normalized spacial score (nSPS) is 31.8. The van der Waals surface area contributed by atoms with Gasteiger partial charge in [0.25, 0.3) is 0 Å². The Balaban J connectivity index is 2.43. The maximum absolute atomic E-state index is 6.17. The summed E-state index contributed by atoms with van der Waals surface area (Å²) in [6.07, 6.45) is 4.93. The van der Waals surface area contributed by atoms with E-state index in [-0.39, 0.29) is 8.80 Å². The fraction of sp³-hybridized carbons (Fsp3) is 0.444. The van der Waals surface area contributed by atoms with Crippen LogP contribution in [-0.4, -0.2) is 14.0 Å². The molecule has 1 aromatic heterocycles. The summed E-state index contributed by atoms with van der Waals surface area (Å²) in [6.45, 7) is 0. The van der Waals surface area contributed by atoms with Crippen molar-refractivity contribution in [2.75, 3.05) is 6.26 Å². The van der Waals surface area contributed by atoms with Gasteiger partial charge in [0.05, 0.1) is 8.80 Å². The lowest BCUT2D eigenvalue weighted by Crippen LogP contribution is -2.28. The van der Waals surface area contributed by atoms with Crippen LogP contribution in [0.25, 0.3) is 0 Å². The number of hydrogen-bond acceptors (Lipinski definition) is 3. The molecule has 0 amide bonds. The van der Waals surface area contributed by atoms with Gasteiger partial charge < -0.3 is 5.73 Å². The zero-order chi connectivity index (χ0) is 9.47. The van der Waals surface area contributed by atoms with Crippen LogP contribution in [0.1, 0.15) is 17.3 Å². The van der Waals surface area contributed by atoms with E-state index in [0.29, 0.717) is 0 Å². The molecule has 13 heavy (non-hydrogen) atoms. The Morgan fingerprint density at radius 3 is 3.15 bits per heavy atom. The maximum Gasteiger partial charge on any atom is 0.0917 e. The predicted octanol–water partition coefficient (Wildman–Crippen LogP) is 2.13. The lowest BCUT2D eigenvalue weighted by Gasteiger charge is -2.24. The minimum atomic E-state index is 0.106. The van der Waals surface area contributed by atoms with Gasteiger partial charge in [0, 0.05) is 18.3 Å². The van der Waals surface area contributed by atoms with Gasteiger partial charge in [-0.15, -0.1) is 11.8 Å². The lowest BCUT2D eigenvalue weighted by molar-refractivity contribution is 0.712. The van der Waals surface area contributed by atoms with Crippen molar-refractivity contribution in [3.63, 3.8) is 0 Å². The number of aromatic nitrogens is 1. The first-order valence-electron chi connectivity index (χ1n) is 4.11. The van der Waals surface area contributed by atoms with E-state index in [4.69, 9.17) is 5.73 Å². The molecule has 1 aliphatic carbocycles. The van der Waals surface area contributed by atoms with E-state index >= 15 is 0 Å². The molecule has 1 aromatic rings. The topological polar surface area (TPSA) is 38.9 Å². The standard InChI is InChI=1S/C9H11IN2S/c1-13-9(10)5-7-6(8(9)11)3-2-4-12-7/h2-4,8H,5,11H2,1H3/t8-,9?/m1/s1. The molecule has 1 aliphatic rings. The minimum Gasteiger partial charge on any atom is -0.322 e. The summed E-state index contributed by atoms with van der Waals surface area (Å²) in [4.78, 5) is 4.35. The fourth-order valence-corrected chi connectivity index (χ4v) is 3.01. The number of hydrogen-bond donors (Lipinski definition) is 1. The van der Waals surface area contributed by atoms with Gasteiger partial charge in [0.1, 0.15) is 0 Å². The van der Waals surface area contributed by atoms with E-state index in [1.165, 1.54) is 11.3 Å². The van der Waals surface area contributed by atoms with Gasteiger partial charge in [0.2, 0.25) is 0 Å². The third-order valence-electron chi connectivity index (χ3n) is 2.47. The van der Waals surface area contributed by atoms with Crippen LogP contribution < -0.4 is 5.73 Å². The number of alkyl halides is 1. The van der Waals surface area contributed by atoms with Gasteiger partial charge in [-0.1, -0.05) is 28.7 Å². The third-order valence-corrected chi connectivity index (χ3v) is 5.92. The van der Waals surface area contributed by atoms with E-state index in [9.17, 15) is 0 Å². The van der Waals surface area contributed by atoms with Crippen LogP contribution in [0, 0.1) is 0 Å². The van der Waals surface area contributed by atoms with Gasteiger partial charge in [-0.25, -0.2) is 0 Å². The zero-order valence-electron chi connectivity index (χ0n) is 7.33. The van der Waals surface area contributed by atoms with E-state index in [0.717, 1.165) is 6.42 Å². The van der Waals surface area contributed by atoms with Crippen molar-refractivity contribution < 1.29 is 0 Å². The Morgan fingerprint density at radius 2 is 2.54 bits per heavy atom. The number of fused-ring (bicyclic) bond motifs is 1. The Labute approximate surface area is 95.8 Å². The van der Waals surface area contributed by atoms with Crippen molar-refractivity contribution in [1.82, 2.24) is 4.98 Å². The van der Waals surface area contributed by atoms with Crippen molar-refractivity contribution >= 4 is 34.4 Å². The number of nitrogens with two attached hydrogens (primary N) is 1. The molecular weight excluding hydrogens is 295 g/mol. The Morgan fingerprint density at radius 1 is 1.77 bits per heavy atom. The van der Waals surface area contributed by atoms with Gasteiger partial charge in [-0.2, -0.15) is 0 Å². The number of rotatable bonds is 1. The first-order valence-corrected chi connectivity index (χ1v) is 6.41. The summed E-state index contributed by atoms with van der Waals surface area (Å²) in [5.41, 5.74) is 8.55. The highest BCUT2D eigenvalue weighted by Crippen LogP contribution is 2.49. The number of thioether (sulfide) groups is 1. The third kappa shape index (κ3) is 1.49. The molecule has 1 unspecified atom stereocenters. The van der Waals surface area contributed by atoms with E-state index in [2.05, 4.69) is 39.9 Å². The van der Waals surface area contributed by atoms with Crippen LogP contribution in [0.5, 0.6) is 0 Å². The van der Waals surface area contributed by atoms with Gasteiger partial charge >= 0.3 is 0 Å². The lowest BCUT2D eigenvalue weighted by atomic mass is 10.2. The molecule has 0 fully saturated rings. The van der Waals surface area contributed by atoms with E-state index in [1.807, 2.05) is 24.0 Å². The van der Waals surface area contributed by atoms with Gasteiger partial charge in [-0.05, 0) is 17.9 Å². The first kappa shape index (κ1) is 9.73. The van der Waals surface area contributed by atoms with Crippen molar-refractivity contribution in [3.05, 3.63) is 29.6 Å². The van der Waals surface area contributed by atoms with Crippen molar-refractivity contribution in [1.29, 1.82) is 0 Å². The van der Waals surface area contributed by atoms with Crippen molar-refractivity contribution in [2.45, 2.75) is 15.2 Å². The Bertz CT molecular complexity index is 331. The molecule has 0 bridgehead atoms. The summed E-state index contributed by atoms with van der Waals surface area (Å²) in [5.74, 6) is 0. The summed E-state index contributed by atoms with van der Waals surface area (Å²) < 4.78 is 0.106. The molecular formula is C9H11IN2S. The fourth-order valence-electron chi connectivity index (χ4n) is 1.65. The highest BCUT2D eigenvalue weighted by atomic mass is 127. The molecule has 0 saturated carbocycles. The number of nitrogens with zero attached hydrogens (tertiary/aromatic N) is 1. The summed E-state index contributed by atoms with van der Waals surface area (Å²) >= 11 is 4.27. The second-order valence-electron chi connectivity index (χ2n) is 3.18. The second-order valence-corrected chi connectivity index (χ2v) is 6.98. The van der Waals surface area contributed by atoms with E-state index < -0.39 is 0 Å². The van der Waals surface area contributed by atoms with Crippen LogP contribution in [0.3, 0.4) is 0 Å². The molecule has 0 radical (unpaired) electrons. The van der Waals surface area contributed by atoms with Crippen LogP contribution in [0.15, 0.2) is 18.3 Å². The first-order chi connectivity index (χ1) is 6.17. The van der Waals surface area contributed by atoms with Crippen LogP contribution in [-0.2, 0) is 6.42 Å². The quantitative estimate of drug-likeness (QED) is 0.638. The van der Waals surface area contributed by atoms with Crippen LogP contribution >= 0.6 is 34.4 Å². The highest BCUT2D eigenvalue weighted by molar-refractivity contribution is 14.1. The Kier molecular flexibility index (Phi) is 2.55. The molecule has 0 aliphatic heterocycles. The van der Waals surface area contributed by atoms with Crippen LogP contribution in [0.4, 0.5) is 0 Å². The molecule has 0 saturated heterocycles. The zero-order valence-corrected chi connectivity index (χ0v) is 10.3. The maximum atomic E-state index is 6.17. The summed E-state index contributed by atoms with van der Waals surface area (Å²) in [5, 5.41) is 0. The Hall–Kier alpha value is 0.190. The molecule has 0 aromatic carbocycles. The summed E-state index contributed by atoms with van der Waals surface area (Å²) in [7, 11) is 0. The average molecular weight is 306 g/mol. The average Bonchev–Trinajstić information content (AvgIpc) is 2.41. The number of halogens is 1. The van der Waals surface area contributed by atoms with Crippen molar-refractivity contribution in [3.8, 4) is 0 Å². The molecule has 2 N–H and O–H groups in total. The van der Waals surface area contributed by atoms with E-state index in [1.54, 1.807) is 0 Å². The number of pyridine rings is 1. The van der Waals surface area contributed by atoms with Gasteiger partial charge in [0.15, 0.2) is 0 Å². The molecule has 2 rings (SSSR count).